The second-order valence-electron chi connectivity index (χ2n) is 4.65. The summed E-state index contributed by atoms with van der Waals surface area (Å²) in [5.41, 5.74) is 0.0862. The molecular formula is C13H20N2O5. The van der Waals surface area contributed by atoms with Crippen molar-refractivity contribution in [2.24, 2.45) is 0 Å². The van der Waals surface area contributed by atoms with Crippen LogP contribution in [-0.2, 0) is 4.74 Å². The Morgan fingerprint density at radius 3 is 2.55 bits per heavy atom. The van der Waals surface area contributed by atoms with Gasteiger partial charge in [-0.3, -0.25) is 15.0 Å². The molecule has 0 amide bonds. The first kappa shape index (κ1) is 16.4. The second kappa shape index (κ2) is 7.18. The number of aliphatic hydroxyl groups is 1. The molecule has 1 aromatic rings. The van der Waals surface area contributed by atoms with Gasteiger partial charge in [0.15, 0.2) is 6.79 Å². The van der Waals surface area contributed by atoms with Crippen LogP contribution in [0.2, 0.25) is 0 Å². The van der Waals surface area contributed by atoms with Crippen LogP contribution >= 0.6 is 0 Å². The highest BCUT2D eigenvalue weighted by Crippen LogP contribution is 2.29. The quantitative estimate of drug-likeness (QED) is 0.467. The summed E-state index contributed by atoms with van der Waals surface area (Å²) in [6, 6.07) is 4.33. The highest BCUT2D eigenvalue weighted by molar-refractivity contribution is 5.46. The van der Waals surface area contributed by atoms with Crippen LogP contribution in [0, 0.1) is 10.1 Å². The third-order valence-electron chi connectivity index (χ3n) is 2.91. The molecule has 0 aliphatic heterocycles. The number of hydrogen-bond donors (Lipinski definition) is 1. The molecule has 0 aromatic heterocycles. The minimum absolute atomic E-state index is 0.00940. The molecule has 0 aliphatic carbocycles. The summed E-state index contributed by atoms with van der Waals surface area (Å²) in [6.07, 6.45) is -1.03. The molecule has 0 saturated heterocycles. The molecule has 7 heteroatoms. The fourth-order valence-corrected chi connectivity index (χ4v) is 1.47. The van der Waals surface area contributed by atoms with E-state index < -0.39 is 11.0 Å². The third kappa shape index (κ3) is 4.44. The Morgan fingerprint density at radius 1 is 1.40 bits per heavy atom. The molecule has 0 bridgehead atoms. The molecule has 2 unspecified atom stereocenters. The molecule has 0 fully saturated rings. The molecule has 0 radical (unpaired) electrons. The Balaban J connectivity index is 2.73. The van der Waals surface area contributed by atoms with Crippen molar-refractivity contribution in [1.29, 1.82) is 0 Å². The van der Waals surface area contributed by atoms with Crippen molar-refractivity contribution in [1.82, 2.24) is 4.90 Å². The minimum Gasteiger partial charge on any atom is -0.467 e. The van der Waals surface area contributed by atoms with Crippen molar-refractivity contribution >= 4 is 5.69 Å². The fourth-order valence-electron chi connectivity index (χ4n) is 1.47. The lowest BCUT2D eigenvalue weighted by Gasteiger charge is -2.20. The molecule has 112 valence electrons. The van der Waals surface area contributed by atoms with E-state index in [0.717, 1.165) is 0 Å². The van der Waals surface area contributed by atoms with Crippen molar-refractivity contribution in [3.8, 4) is 5.75 Å². The lowest BCUT2D eigenvalue weighted by atomic mass is 10.1. The Hall–Kier alpha value is -1.70. The predicted molar refractivity (Wildman–Crippen MR) is 73.5 cm³/mol. The molecule has 0 aliphatic rings. The summed E-state index contributed by atoms with van der Waals surface area (Å²) in [4.78, 5) is 12.3. The molecule has 1 rings (SSSR count). The summed E-state index contributed by atoms with van der Waals surface area (Å²) in [6.45, 7) is 3.33. The van der Waals surface area contributed by atoms with Crippen LogP contribution in [0.4, 0.5) is 5.69 Å². The number of nitrogens with zero attached hydrogens (tertiary/aromatic N) is 2. The van der Waals surface area contributed by atoms with E-state index in [1.165, 1.54) is 19.1 Å². The SMILES string of the molecule is CC(O)c1ccc(OCOC(C)N(C)C)cc1[N+](=O)[O-]. The lowest BCUT2D eigenvalue weighted by Crippen LogP contribution is -2.28. The Kier molecular flexibility index (Phi) is 5.87. The van der Waals surface area contributed by atoms with Crippen LogP contribution in [0.3, 0.4) is 0 Å². The molecule has 20 heavy (non-hydrogen) atoms. The van der Waals surface area contributed by atoms with Gasteiger partial charge in [0.1, 0.15) is 12.0 Å². The molecule has 0 saturated carbocycles. The van der Waals surface area contributed by atoms with E-state index in [-0.39, 0.29) is 24.3 Å². The second-order valence-corrected chi connectivity index (χ2v) is 4.65. The first-order chi connectivity index (χ1) is 9.32. The summed E-state index contributed by atoms with van der Waals surface area (Å²) >= 11 is 0. The molecular weight excluding hydrogens is 264 g/mol. The van der Waals surface area contributed by atoms with E-state index in [2.05, 4.69) is 0 Å². The lowest BCUT2D eigenvalue weighted by molar-refractivity contribution is -0.386. The number of hydrogen-bond acceptors (Lipinski definition) is 6. The van der Waals surface area contributed by atoms with Crippen LogP contribution in [0.15, 0.2) is 18.2 Å². The number of nitro groups is 1. The van der Waals surface area contributed by atoms with Crippen LogP contribution in [0.5, 0.6) is 5.75 Å². The van der Waals surface area contributed by atoms with E-state index in [1.807, 2.05) is 25.9 Å². The highest BCUT2D eigenvalue weighted by Gasteiger charge is 2.18. The molecule has 0 spiro atoms. The number of benzene rings is 1. The van der Waals surface area contributed by atoms with E-state index >= 15 is 0 Å². The number of ether oxygens (including phenoxy) is 2. The largest absolute Gasteiger partial charge is 0.467 e. The van der Waals surface area contributed by atoms with Gasteiger partial charge in [0, 0.05) is 0 Å². The molecule has 0 heterocycles. The maximum Gasteiger partial charge on any atom is 0.278 e. The normalized spacial score (nSPS) is 14.1. The van der Waals surface area contributed by atoms with Crippen molar-refractivity contribution in [2.75, 3.05) is 20.9 Å². The van der Waals surface area contributed by atoms with Crippen LogP contribution in [0.25, 0.3) is 0 Å². The minimum atomic E-state index is -0.908. The smallest absolute Gasteiger partial charge is 0.278 e. The third-order valence-corrected chi connectivity index (χ3v) is 2.91. The molecule has 7 nitrogen and oxygen atoms in total. The Labute approximate surface area is 117 Å². The van der Waals surface area contributed by atoms with Gasteiger partial charge in [-0.15, -0.1) is 0 Å². The standard InChI is InChI=1S/C13H20N2O5/c1-9(16)12-6-5-11(7-13(12)15(17)18)20-8-19-10(2)14(3)4/h5-7,9-10,16H,8H2,1-4H3. The van der Waals surface area contributed by atoms with E-state index in [9.17, 15) is 15.2 Å². The van der Waals surface area contributed by atoms with E-state index in [0.29, 0.717) is 5.75 Å². The number of rotatable bonds is 7. The van der Waals surface area contributed by atoms with Crippen molar-refractivity contribution in [3.05, 3.63) is 33.9 Å². The average molecular weight is 284 g/mol. The zero-order valence-electron chi connectivity index (χ0n) is 12.1. The summed E-state index contributed by atoms with van der Waals surface area (Å²) in [5, 5.41) is 20.4. The molecule has 1 aromatic carbocycles. The van der Waals surface area contributed by atoms with Gasteiger partial charge in [-0.1, -0.05) is 0 Å². The van der Waals surface area contributed by atoms with Crippen molar-refractivity contribution in [3.63, 3.8) is 0 Å². The first-order valence-corrected chi connectivity index (χ1v) is 6.20. The maximum absolute atomic E-state index is 11.0. The maximum atomic E-state index is 11.0. The van der Waals surface area contributed by atoms with Gasteiger partial charge in [-0.25, -0.2) is 0 Å². The van der Waals surface area contributed by atoms with E-state index in [4.69, 9.17) is 9.47 Å². The topological polar surface area (TPSA) is 85.1 Å². The Bertz CT molecular complexity index is 462. The van der Waals surface area contributed by atoms with Gasteiger partial charge in [0.05, 0.1) is 22.7 Å². The monoisotopic (exact) mass is 284 g/mol. The van der Waals surface area contributed by atoms with Gasteiger partial charge < -0.3 is 14.6 Å². The van der Waals surface area contributed by atoms with Crippen LogP contribution < -0.4 is 4.74 Å². The van der Waals surface area contributed by atoms with Gasteiger partial charge in [0.2, 0.25) is 0 Å². The zero-order chi connectivity index (χ0) is 15.3. The highest BCUT2D eigenvalue weighted by atomic mass is 16.7. The predicted octanol–water partition coefficient (Wildman–Crippen LogP) is 1.91. The Morgan fingerprint density at radius 2 is 2.05 bits per heavy atom. The number of nitro benzene ring substituents is 1. The van der Waals surface area contributed by atoms with Gasteiger partial charge in [-0.2, -0.15) is 0 Å². The summed E-state index contributed by atoms with van der Waals surface area (Å²) in [5.74, 6) is 0.326. The van der Waals surface area contributed by atoms with Crippen molar-refractivity contribution in [2.45, 2.75) is 26.2 Å². The first-order valence-electron chi connectivity index (χ1n) is 6.20. The van der Waals surface area contributed by atoms with Crippen LogP contribution in [0.1, 0.15) is 25.5 Å². The van der Waals surface area contributed by atoms with Crippen LogP contribution in [-0.4, -0.2) is 42.0 Å². The van der Waals surface area contributed by atoms with Crippen molar-refractivity contribution < 1.29 is 19.5 Å². The average Bonchev–Trinajstić information content (AvgIpc) is 2.37. The van der Waals surface area contributed by atoms with Gasteiger partial charge >= 0.3 is 0 Å². The van der Waals surface area contributed by atoms with Gasteiger partial charge in [0.25, 0.3) is 5.69 Å². The number of aliphatic hydroxyl groups excluding tert-OH is 1. The zero-order valence-corrected chi connectivity index (χ0v) is 12.1. The fraction of sp³-hybridized carbons (Fsp3) is 0.538. The summed E-state index contributed by atoms with van der Waals surface area (Å²) < 4.78 is 10.7. The molecule has 1 N–H and O–H groups in total. The molecule has 2 atom stereocenters. The van der Waals surface area contributed by atoms with E-state index in [1.54, 1.807) is 6.07 Å². The van der Waals surface area contributed by atoms with Gasteiger partial charge in [-0.05, 0) is 40.1 Å². The summed E-state index contributed by atoms with van der Waals surface area (Å²) in [7, 11) is 3.74.